The zero-order valence-electron chi connectivity index (χ0n) is 10.7. The third kappa shape index (κ3) is 7.29. The number of allylic oxidation sites excluding steroid dienone is 1. The van der Waals surface area contributed by atoms with Crippen molar-refractivity contribution < 1.29 is 9.90 Å². The van der Waals surface area contributed by atoms with Gasteiger partial charge in [0.1, 0.15) is 0 Å². The van der Waals surface area contributed by atoms with E-state index in [0.29, 0.717) is 6.54 Å². The van der Waals surface area contributed by atoms with Crippen LogP contribution in [-0.2, 0) is 0 Å². The lowest BCUT2D eigenvalue weighted by Crippen LogP contribution is -2.43. The van der Waals surface area contributed by atoms with Crippen LogP contribution >= 0.6 is 0 Å². The second-order valence-electron chi connectivity index (χ2n) is 4.88. The highest BCUT2D eigenvalue weighted by Crippen LogP contribution is 2.17. The molecule has 94 valence electrons. The summed E-state index contributed by atoms with van der Waals surface area (Å²) >= 11 is 0. The van der Waals surface area contributed by atoms with Crippen LogP contribution in [0.3, 0.4) is 0 Å². The Balaban J connectivity index is 3.65. The van der Waals surface area contributed by atoms with Gasteiger partial charge in [-0.15, -0.1) is 0 Å². The maximum absolute atomic E-state index is 11.3. The van der Waals surface area contributed by atoms with Gasteiger partial charge in [0.25, 0.3) is 0 Å². The molecule has 0 aromatic carbocycles. The Labute approximate surface area is 98.1 Å². The van der Waals surface area contributed by atoms with Crippen molar-refractivity contribution in [1.29, 1.82) is 0 Å². The van der Waals surface area contributed by atoms with Gasteiger partial charge in [0.15, 0.2) is 0 Å². The highest BCUT2D eigenvalue weighted by atomic mass is 16.3. The smallest absolute Gasteiger partial charge is 0.314 e. The van der Waals surface area contributed by atoms with Gasteiger partial charge in [-0.05, 0) is 18.8 Å². The summed E-state index contributed by atoms with van der Waals surface area (Å²) in [6.45, 7) is 8.64. The molecule has 0 fully saturated rings. The summed E-state index contributed by atoms with van der Waals surface area (Å²) in [7, 11) is 0. The zero-order chi connectivity index (χ0) is 12.6. The minimum Gasteiger partial charge on any atom is -0.391 e. The average Bonchev–Trinajstić information content (AvgIpc) is 2.19. The van der Waals surface area contributed by atoms with Gasteiger partial charge < -0.3 is 15.7 Å². The van der Waals surface area contributed by atoms with Gasteiger partial charge in [-0.3, -0.25) is 0 Å². The normalized spacial score (nSPS) is 13.8. The molecular formula is C12H24N2O2. The number of aliphatic hydroxyl groups excluding tert-OH is 1. The lowest BCUT2D eigenvalue weighted by molar-refractivity contribution is 0.0650. The Bertz CT molecular complexity index is 232. The van der Waals surface area contributed by atoms with Crippen molar-refractivity contribution in [3.63, 3.8) is 0 Å². The molecule has 0 spiro atoms. The predicted molar refractivity (Wildman–Crippen MR) is 66.3 cm³/mol. The van der Waals surface area contributed by atoms with Gasteiger partial charge >= 0.3 is 6.03 Å². The molecule has 4 nitrogen and oxygen atoms in total. The number of amides is 2. The molecule has 1 unspecified atom stereocenters. The van der Waals surface area contributed by atoms with E-state index >= 15 is 0 Å². The summed E-state index contributed by atoms with van der Waals surface area (Å²) in [5, 5.41) is 15.0. The molecular weight excluding hydrogens is 204 g/mol. The first-order chi connectivity index (χ1) is 7.38. The Morgan fingerprint density at radius 3 is 2.50 bits per heavy atom. The Morgan fingerprint density at radius 1 is 1.38 bits per heavy atom. The number of hydrogen-bond donors (Lipinski definition) is 3. The van der Waals surface area contributed by atoms with Crippen LogP contribution in [0.25, 0.3) is 0 Å². The molecule has 16 heavy (non-hydrogen) atoms. The van der Waals surface area contributed by atoms with Crippen molar-refractivity contribution in [2.45, 2.75) is 40.2 Å². The molecule has 0 saturated heterocycles. The minimum absolute atomic E-state index is 0.210. The standard InChI is InChI=1S/C12H24N2O2/c1-5-6-7-8-13-11(16)14-9-10(15)12(2,3)4/h5-6,10,15H,7-9H2,1-4H3,(H2,13,14,16). The van der Waals surface area contributed by atoms with Gasteiger partial charge in [0, 0.05) is 13.1 Å². The van der Waals surface area contributed by atoms with E-state index in [0.717, 1.165) is 6.42 Å². The monoisotopic (exact) mass is 228 g/mol. The molecule has 3 N–H and O–H groups in total. The van der Waals surface area contributed by atoms with E-state index in [-0.39, 0.29) is 18.0 Å². The summed E-state index contributed by atoms with van der Waals surface area (Å²) in [5.74, 6) is 0. The van der Waals surface area contributed by atoms with Gasteiger partial charge in [-0.2, -0.15) is 0 Å². The van der Waals surface area contributed by atoms with Gasteiger partial charge in [-0.25, -0.2) is 4.79 Å². The summed E-state index contributed by atoms with van der Waals surface area (Å²) < 4.78 is 0. The molecule has 1 atom stereocenters. The Morgan fingerprint density at radius 2 is 2.00 bits per heavy atom. The van der Waals surface area contributed by atoms with Crippen molar-refractivity contribution >= 4 is 6.03 Å². The molecule has 0 aliphatic heterocycles. The fourth-order valence-corrected chi connectivity index (χ4v) is 0.994. The molecule has 4 heteroatoms. The van der Waals surface area contributed by atoms with Crippen molar-refractivity contribution in [1.82, 2.24) is 10.6 Å². The van der Waals surface area contributed by atoms with E-state index < -0.39 is 6.10 Å². The molecule has 0 saturated carbocycles. The molecule has 2 amide bonds. The molecule has 0 bridgehead atoms. The maximum atomic E-state index is 11.3. The molecule has 0 radical (unpaired) electrons. The third-order valence-electron chi connectivity index (χ3n) is 2.29. The Hall–Kier alpha value is -1.03. The summed E-state index contributed by atoms with van der Waals surface area (Å²) in [4.78, 5) is 11.3. The maximum Gasteiger partial charge on any atom is 0.314 e. The second kappa shape index (κ2) is 7.28. The summed E-state index contributed by atoms with van der Waals surface area (Å²) in [6, 6.07) is -0.229. The lowest BCUT2D eigenvalue weighted by atomic mass is 9.89. The van der Waals surface area contributed by atoms with Crippen LogP contribution in [0, 0.1) is 5.41 Å². The topological polar surface area (TPSA) is 61.4 Å². The van der Waals surface area contributed by atoms with Crippen molar-refractivity contribution in [3.05, 3.63) is 12.2 Å². The van der Waals surface area contributed by atoms with Crippen LogP contribution in [0.1, 0.15) is 34.1 Å². The van der Waals surface area contributed by atoms with Crippen LogP contribution in [0.15, 0.2) is 12.2 Å². The van der Waals surface area contributed by atoms with E-state index in [1.54, 1.807) is 0 Å². The van der Waals surface area contributed by atoms with Crippen molar-refractivity contribution in [2.75, 3.05) is 13.1 Å². The van der Waals surface area contributed by atoms with Crippen molar-refractivity contribution in [2.24, 2.45) is 5.41 Å². The lowest BCUT2D eigenvalue weighted by Gasteiger charge is -2.25. The van der Waals surface area contributed by atoms with Gasteiger partial charge in [0.05, 0.1) is 6.10 Å². The van der Waals surface area contributed by atoms with E-state index in [1.807, 2.05) is 39.8 Å². The second-order valence-corrected chi connectivity index (χ2v) is 4.88. The quantitative estimate of drug-likeness (QED) is 0.495. The molecule has 0 aromatic rings. The molecule has 0 aliphatic rings. The van der Waals surface area contributed by atoms with Crippen LogP contribution in [-0.4, -0.2) is 30.3 Å². The number of urea groups is 1. The zero-order valence-corrected chi connectivity index (χ0v) is 10.7. The molecule has 0 rings (SSSR count). The first-order valence-electron chi connectivity index (χ1n) is 5.69. The summed E-state index contributed by atoms with van der Waals surface area (Å²) in [5.41, 5.74) is -0.210. The minimum atomic E-state index is -0.534. The predicted octanol–water partition coefficient (Wildman–Crippen LogP) is 1.66. The van der Waals surface area contributed by atoms with E-state index in [1.165, 1.54) is 0 Å². The van der Waals surface area contributed by atoms with Crippen LogP contribution in [0.4, 0.5) is 4.79 Å². The fourth-order valence-electron chi connectivity index (χ4n) is 0.994. The van der Waals surface area contributed by atoms with Crippen molar-refractivity contribution in [3.8, 4) is 0 Å². The number of nitrogens with one attached hydrogen (secondary N) is 2. The van der Waals surface area contributed by atoms with Crippen LogP contribution in [0.5, 0.6) is 0 Å². The largest absolute Gasteiger partial charge is 0.391 e. The average molecular weight is 228 g/mol. The van der Waals surface area contributed by atoms with Crippen LogP contribution in [0.2, 0.25) is 0 Å². The first-order valence-corrected chi connectivity index (χ1v) is 5.69. The van der Waals surface area contributed by atoms with E-state index in [9.17, 15) is 9.90 Å². The van der Waals surface area contributed by atoms with Gasteiger partial charge in [0.2, 0.25) is 0 Å². The van der Waals surface area contributed by atoms with Gasteiger partial charge in [-0.1, -0.05) is 32.9 Å². The molecule has 0 heterocycles. The highest BCUT2D eigenvalue weighted by molar-refractivity contribution is 5.73. The highest BCUT2D eigenvalue weighted by Gasteiger charge is 2.22. The number of hydrogen-bond acceptors (Lipinski definition) is 2. The fraction of sp³-hybridized carbons (Fsp3) is 0.750. The van der Waals surface area contributed by atoms with E-state index in [2.05, 4.69) is 10.6 Å². The number of rotatable bonds is 5. The first kappa shape index (κ1) is 15.0. The summed E-state index contributed by atoms with van der Waals surface area (Å²) in [6.07, 6.45) is 4.23. The van der Waals surface area contributed by atoms with E-state index in [4.69, 9.17) is 0 Å². The number of aliphatic hydroxyl groups is 1. The molecule has 0 aromatic heterocycles. The SMILES string of the molecule is CC=CCCNC(=O)NCC(O)C(C)(C)C. The number of carbonyl (C=O) groups excluding carboxylic acids is 1. The third-order valence-corrected chi connectivity index (χ3v) is 2.29. The number of carbonyl (C=O) groups is 1. The molecule has 0 aliphatic carbocycles. The Kier molecular flexibility index (Phi) is 6.81. The van der Waals surface area contributed by atoms with Crippen LogP contribution < -0.4 is 10.6 Å².